The Morgan fingerprint density at radius 2 is 0.568 bits per heavy atom. The summed E-state index contributed by atoms with van der Waals surface area (Å²) in [5.41, 5.74) is 24.6. The third-order valence-electron chi connectivity index (χ3n) is 16.3. The van der Waals surface area contributed by atoms with Crippen LogP contribution in [0.15, 0.2) is 258 Å². The van der Waals surface area contributed by atoms with Crippen LogP contribution >= 0.6 is 0 Å². The fraction of sp³-hybridized carbons (Fsp3) is 0.0423. The highest BCUT2D eigenvalue weighted by atomic mass is 16.4. The molecule has 10 nitrogen and oxygen atoms in total. The number of fused-ring (bicyclic) bond motifs is 8. The van der Waals surface area contributed by atoms with Gasteiger partial charge in [-0.15, -0.1) is 0 Å². The molecule has 5 heterocycles. The van der Waals surface area contributed by atoms with Crippen LogP contribution in [0.5, 0.6) is 0 Å². The van der Waals surface area contributed by atoms with E-state index in [1.165, 1.54) is 0 Å². The van der Waals surface area contributed by atoms with Gasteiger partial charge in [-0.05, 0) is 144 Å². The maximum absolute atomic E-state index is 6.43. The van der Waals surface area contributed by atoms with Crippen molar-refractivity contribution in [2.75, 3.05) is 50.5 Å². The minimum atomic E-state index is 0.564. The lowest BCUT2D eigenvalue weighted by atomic mass is 9.87. The number of benzene rings is 11. The van der Waals surface area contributed by atoms with E-state index in [1.807, 2.05) is 48.5 Å². The number of anilines is 15. The molecule has 0 atom stereocenters. The average Bonchev–Trinajstić information content (AvgIpc) is 4.09. The Morgan fingerprint density at radius 3 is 0.938 bits per heavy atom. The van der Waals surface area contributed by atoms with Crippen LogP contribution in [-0.4, -0.2) is 31.1 Å². The van der Waals surface area contributed by atoms with Crippen LogP contribution in [0.4, 0.5) is 85.3 Å². The second-order valence-corrected chi connectivity index (χ2v) is 20.8. The lowest BCUT2D eigenvalue weighted by Crippen LogP contribution is -2.30. The number of hydrogen-bond donors (Lipinski definition) is 0. The van der Waals surface area contributed by atoms with Crippen molar-refractivity contribution in [2.24, 2.45) is 0 Å². The van der Waals surface area contributed by atoms with Gasteiger partial charge in [0.15, 0.2) is 11.2 Å². The van der Waals surface area contributed by atoms with Gasteiger partial charge in [0.25, 0.3) is 0 Å². The summed E-state index contributed by atoms with van der Waals surface area (Å²) in [7, 11) is 6.52. The van der Waals surface area contributed by atoms with E-state index in [2.05, 4.69) is 251 Å². The Kier molecular flexibility index (Phi) is 10.4. The van der Waals surface area contributed by atoms with E-state index < -0.39 is 0 Å². The van der Waals surface area contributed by atoms with Crippen LogP contribution in [0, 0.1) is 0 Å². The molecule has 0 fully saturated rings. The van der Waals surface area contributed by atoms with Gasteiger partial charge in [-0.3, -0.25) is 0 Å². The minimum absolute atomic E-state index is 0.564. The van der Waals surface area contributed by atoms with Crippen molar-refractivity contribution in [1.29, 1.82) is 0 Å². The second-order valence-electron chi connectivity index (χ2n) is 20.8. The summed E-state index contributed by atoms with van der Waals surface area (Å²) in [5.74, 6) is 1.13. The summed E-state index contributed by atoms with van der Waals surface area (Å²) in [5, 5.41) is 0. The Balaban J connectivity index is 1.09. The smallest absolute Gasteiger partial charge is 0.227 e. The predicted octanol–water partition coefficient (Wildman–Crippen LogP) is 19.3. The summed E-state index contributed by atoms with van der Waals surface area (Å²) in [6.45, 7) is 0. The highest BCUT2D eigenvalue weighted by Crippen LogP contribution is 2.65. The van der Waals surface area contributed by atoms with Crippen molar-refractivity contribution in [3.8, 4) is 45.2 Å². The molecule has 11 aromatic carbocycles. The van der Waals surface area contributed by atoms with Gasteiger partial charge >= 0.3 is 0 Å². The fourth-order valence-corrected chi connectivity index (χ4v) is 12.5. The Bertz CT molecular complexity index is 4430. The third-order valence-corrected chi connectivity index (χ3v) is 16.3. The van der Waals surface area contributed by atoms with Gasteiger partial charge in [0.2, 0.25) is 11.8 Å². The van der Waals surface area contributed by atoms with E-state index >= 15 is 0 Å². The largest absolute Gasteiger partial charge is 0.436 e. The van der Waals surface area contributed by atoms with Gasteiger partial charge in [-0.25, -0.2) is 9.97 Å². The highest BCUT2D eigenvalue weighted by Gasteiger charge is 2.41. The first-order valence-corrected chi connectivity index (χ1v) is 27.2. The number of nitrogens with zero attached hydrogens (tertiary/aromatic N) is 8. The molecule has 3 aliphatic rings. The topological polar surface area (TPSA) is 71.5 Å². The molecule has 0 aliphatic carbocycles. The van der Waals surface area contributed by atoms with Gasteiger partial charge in [-0.1, -0.05) is 121 Å². The Morgan fingerprint density at radius 1 is 0.272 bits per heavy atom. The molecule has 0 spiro atoms. The second kappa shape index (κ2) is 18.1. The average molecular weight is 1050 g/mol. The molecule has 2 aromatic heterocycles. The summed E-state index contributed by atoms with van der Waals surface area (Å²) < 4.78 is 12.8. The molecule has 16 rings (SSSR count). The first-order chi connectivity index (χ1) is 39.9. The highest BCUT2D eigenvalue weighted by molar-refractivity contribution is 6.17. The molecule has 0 saturated carbocycles. The van der Waals surface area contributed by atoms with E-state index in [1.54, 1.807) is 0 Å². The lowest BCUT2D eigenvalue weighted by Gasteiger charge is -2.46. The van der Waals surface area contributed by atoms with Crippen molar-refractivity contribution < 1.29 is 8.83 Å². The van der Waals surface area contributed by atoms with Crippen molar-refractivity contribution in [2.45, 2.75) is 0 Å². The minimum Gasteiger partial charge on any atom is -0.436 e. The molecule has 0 N–H and O–H groups in total. The van der Waals surface area contributed by atoms with Crippen molar-refractivity contribution >= 4 is 108 Å². The molecule has 386 valence electrons. The molecule has 3 aliphatic heterocycles. The molecule has 13 aromatic rings. The number of hydrogen-bond acceptors (Lipinski definition) is 10. The molecule has 0 saturated heterocycles. The predicted molar refractivity (Wildman–Crippen MR) is 332 cm³/mol. The first kappa shape index (κ1) is 46.3. The van der Waals surface area contributed by atoms with E-state index in [4.69, 9.17) is 18.8 Å². The van der Waals surface area contributed by atoms with Gasteiger partial charge in [0.1, 0.15) is 11.0 Å². The monoisotopic (exact) mass is 1050 g/mol. The standard InChI is InChI=1S/C71H50N8O2/c1-74-52-22-6-12-28-58(52)77(59-29-13-7-23-53(59)74)64-44-49(45-36-40-47(41-37-45)70-72-50-20-4-18-34-65(50)80-70)67(46-38-42-48(43-39-46)71-73-51-21-5-19-35-66(51)81-71)69(79-62-32-16-10-26-56(62)76(3)57-27-11-17-33-63(57)79)68(64)78-60-30-14-8-24-54(60)75(2)55-25-9-15-31-61(55)78/h4-44H,1-3H3. The molecule has 0 radical (unpaired) electrons. The van der Waals surface area contributed by atoms with Gasteiger partial charge in [0, 0.05) is 37.8 Å². The maximum Gasteiger partial charge on any atom is 0.227 e. The van der Waals surface area contributed by atoms with Crippen molar-refractivity contribution in [3.63, 3.8) is 0 Å². The normalized spacial score (nSPS) is 13.2. The molecular formula is C71H50N8O2. The number of rotatable bonds is 7. The van der Waals surface area contributed by atoms with Crippen molar-refractivity contribution in [3.05, 3.63) is 249 Å². The number of para-hydroxylation sites is 16. The van der Waals surface area contributed by atoms with Crippen LogP contribution in [0.3, 0.4) is 0 Å². The van der Waals surface area contributed by atoms with Gasteiger partial charge in [-0.2, -0.15) is 0 Å². The lowest BCUT2D eigenvalue weighted by molar-refractivity contribution is 0.619. The summed E-state index contributed by atoms with van der Waals surface area (Å²) >= 11 is 0. The third kappa shape index (κ3) is 7.13. The van der Waals surface area contributed by atoms with Gasteiger partial charge < -0.3 is 38.2 Å². The SMILES string of the molecule is CN1c2ccccc2N(c2cc(-c3ccc(-c4nc5ccccc5o4)cc3)c(-c3ccc(-c4nc5ccccc5o4)cc3)c(N3c4ccccc4N(C)c4ccccc43)c2N2c3ccccc3N(C)c3ccccc32)c2ccccc21. The van der Waals surface area contributed by atoms with Crippen LogP contribution in [0.1, 0.15) is 0 Å². The van der Waals surface area contributed by atoms with Crippen LogP contribution < -0.4 is 29.4 Å². The quantitative estimate of drug-likeness (QED) is 0.154. The molecule has 0 unspecified atom stereocenters. The van der Waals surface area contributed by atoms with Crippen LogP contribution in [-0.2, 0) is 0 Å². The number of aromatic nitrogens is 2. The van der Waals surface area contributed by atoms with Crippen LogP contribution in [0.2, 0.25) is 0 Å². The molecule has 0 amide bonds. The zero-order chi connectivity index (χ0) is 53.9. The van der Waals surface area contributed by atoms with E-state index in [0.29, 0.717) is 11.8 Å². The van der Waals surface area contributed by atoms with E-state index in [9.17, 15) is 0 Å². The molecule has 0 bridgehead atoms. The zero-order valence-corrected chi connectivity index (χ0v) is 44.6. The Hall–Kier alpha value is -10.8. The first-order valence-electron chi connectivity index (χ1n) is 27.2. The van der Waals surface area contributed by atoms with E-state index in [-0.39, 0.29) is 0 Å². The molecule has 81 heavy (non-hydrogen) atoms. The molecular weight excluding hydrogens is 997 g/mol. The molecule has 10 heteroatoms. The van der Waals surface area contributed by atoms with Crippen LogP contribution in [0.25, 0.3) is 67.4 Å². The Labute approximate surface area is 468 Å². The summed E-state index contributed by atoms with van der Waals surface area (Å²) in [6, 6.07) is 88.5. The summed E-state index contributed by atoms with van der Waals surface area (Å²) in [6.07, 6.45) is 0. The fourth-order valence-electron chi connectivity index (χ4n) is 12.5. The van der Waals surface area contributed by atoms with Gasteiger partial charge in [0.05, 0.1) is 85.3 Å². The van der Waals surface area contributed by atoms with E-state index in [0.717, 1.165) is 141 Å². The number of oxazole rings is 2. The maximum atomic E-state index is 6.43. The zero-order valence-electron chi connectivity index (χ0n) is 44.6. The summed E-state index contributed by atoms with van der Waals surface area (Å²) in [4.78, 5) is 24.4. The van der Waals surface area contributed by atoms with Crippen molar-refractivity contribution in [1.82, 2.24) is 9.97 Å².